The molecule has 1 aromatic carbocycles. The van der Waals surface area contributed by atoms with E-state index in [1.54, 1.807) is 6.92 Å². The van der Waals surface area contributed by atoms with E-state index in [-0.39, 0.29) is 17.8 Å². The molecule has 0 radical (unpaired) electrons. The van der Waals surface area contributed by atoms with E-state index in [9.17, 15) is 9.59 Å². The van der Waals surface area contributed by atoms with Gasteiger partial charge in [-0.25, -0.2) is 0 Å². The van der Waals surface area contributed by atoms with E-state index >= 15 is 0 Å². The Morgan fingerprint density at radius 2 is 2.39 bits per heavy atom. The van der Waals surface area contributed by atoms with Gasteiger partial charge in [0.15, 0.2) is 0 Å². The molecule has 1 spiro atoms. The van der Waals surface area contributed by atoms with Gasteiger partial charge in [0, 0.05) is 10.2 Å². The van der Waals surface area contributed by atoms with Gasteiger partial charge in [0.25, 0.3) is 0 Å². The Morgan fingerprint density at radius 1 is 1.61 bits per heavy atom. The summed E-state index contributed by atoms with van der Waals surface area (Å²) >= 11 is 3.40. The lowest BCUT2D eigenvalue weighted by Gasteiger charge is -2.08. The topological polar surface area (TPSA) is 55.4 Å². The normalized spacial score (nSPS) is 27.9. The predicted octanol–water partition coefficient (Wildman–Crippen LogP) is 2.22. The van der Waals surface area contributed by atoms with Crippen molar-refractivity contribution >= 4 is 33.5 Å². The van der Waals surface area contributed by atoms with Crippen molar-refractivity contribution in [1.29, 1.82) is 0 Å². The maximum absolute atomic E-state index is 12.1. The van der Waals surface area contributed by atoms with E-state index in [1.165, 1.54) is 0 Å². The maximum Gasteiger partial charge on any atom is 0.310 e. The van der Waals surface area contributed by atoms with Crippen LogP contribution < -0.4 is 5.32 Å². The Kier molecular flexibility index (Phi) is 2.48. The Bertz CT molecular complexity index is 557. The van der Waals surface area contributed by atoms with Gasteiger partial charge in [-0.2, -0.15) is 0 Å². The molecule has 1 heterocycles. The molecular weight excluding hydrogens is 298 g/mol. The minimum Gasteiger partial charge on any atom is -0.466 e. The van der Waals surface area contributed by atoms with E-state index in [2.05, 4.69) is 21.2 Å². The molecule has 1 saturated carbocycles. The molecule has 1 fully saturated rings. The number of halogens is 1. The summed E-state index contributed by atoms with van der Waals surface area (Å²) in [6.07, 6.45) is 0.543. The van der Waals surface area contributed by atoms with Crippen molar-refractivity contribution in [2.75, 3.05) is 11.9 Å². The molecule has 1 aromatic rings. The number of esters is 1. The van der Waals surface area contributed by atoms with Gasteiger partial charge in [0.1, 0.15) is 0 Å². The highest BCUT2D eigenvalue weighted by atomic mass is 79.9. The molecule has 94 valence electrons. The highest BCUT2D eigenvalue weighted by Crippen LogP contribution is 2.60. The second-order valence-corrected chi connectivity index (χ2v) is 5.54. The molecule has 2 atom stereocenters. The summed E-state index contributed by atoms with van der Waals surface area (Å²) in [5, 5.41) is 2.84. The van der Waals surface area contributed by atoms with Crippen molar-refractivity contribution in [2.24, 2.45) is 5.92 Å². The third-order valence-electron chi connectivity index (χ3n) is 3.65. The third-order valence-corrected chi connectivity index (χ3v) is 4.14. The minimum atomic E-state index is -0.689. The zero-order chi connectivity index (χ0) is 12.9. The quantitative estimate of drug-likeness (QED) is 0.852. The lowest BCUT2D eigenvalue weighted by molar-refractivity contribution is -0.146. The Labute approximate surface area is 113 Å². The first-order valence-corrected chi connectivity index (χ1v) is 6.67. The summed E-state index contributed by atoms with van der Waals surface area (Å²) in [6, 6.07) is 5.64. The van der Waals surface area contributed by atoms with Gasteiger partial charge in [-0.1, -0.05) is 15.9 Å². The smallest absolute Gasteiger partial charge is 0.310 e. The number of rotatable bonds is 2. The molecule has 2 unspecified atom stereocenters. The van der Waals surface area contributed by atoms with Gasteiger partial charge in [0.05, 0.1) is 17.9 Å². The van der Waals surface area contributed by atoms with Crippen LogP contribution in [0, 0.1) is 5.92 Å². The Hall–Kier alpha value is -1.36. The molecule has 0 bridgehead atoms. The number of carbonyl (C=O) groups excluding carboxylic acids is 2. The maximum atomic E-state index is 12.1. The van der Waals surface area contributed by atoms with E-state index < -0.39 is 5.41 Å². The van der Waals surface area contributed by atoms with Crippen molar-refractivity contribution in [3.63, 3.8) is 0 Å². The van der Waals surface area contributed by atoms with Gasteiger partial charge in [-0.3, -0.25) is 9.59 Å². The monoisotopic (exact) mass is 309 g/mol. The van der Waals surface area contributed by atoms with Crippen LogP contribution in [0.1, 0.15) is 18.9 Å². The molecule has 2 aliphatic rings. The van der Waals surface area contributed by atoms with Crippen molar-refractivity contribution in [3.8, 4) is 0 Å². The molecule has 1 N–H and O–H groups in total. The molecule has 1 aliphatic carbocycles. The number of nitrogens with one attached hydrogen (secondary N) is 1. The van der Waals surface area contributed by atoms with Crippen LogP contribution in [0.5, 0.6) is 0 Å². The highest BCUT2D eigenvalue weighted by Gasteiger charge is 2.68. The fourth-order valence-corrected chi connectivity index (χ4v) is 3.05. The van der Waals surface area contributed by atoms with Crippen LogP contribution in [-0.4, -0.2) is 18.5 Å². The number of carbonyl (C=O) groups is 2. The average molecular weight is 310 g/mol. The summed E-state index contributed by atoms with van der Waals surface area (Å²) in [6.45, 7) is 2.12. The zero-order valence-corrected chi connectivity index (χ0v) is 11.4. The molecule has 1 aliphatic heterocycles. The number of hydrogen-bond donors (Lipinski definition) is 1. The standard InChI is InChI=1S/C13H12BrNO3/c1-2-18-11(16)9-6-13(9)8-5-7(14)3-4-10(8)15-12(13)17/h3-5,9H,2,6H2,1H3,(H,15,17). The van der Waals surface area contributed by atoms with Gasteiger partial charge < -0.3 is 10.1 Å². The number of amides is 1. The summed E-state index contributed by atoms with van der Waals surface area (Å²) in [5.74, 6) is -0.706. The fraction of sp³-hybridized carbons (Fsp3) is 0.385. The predicted molar refractivity (Wildman–Crippen MR) is 69.2 cm³/mol. The van der Waals surface area contributed by atoms with Crippen LogP contribution in [0.4, 0.5) is 5.69 Å². The molecule has 0 aromatic heterocycles. The number of benzene rings is 1. The Morgan fingerprint density at radius 3 is 3.11 bits per heavy atom. The van der Waals surface area contributed by atoms with Crippen LogP contribution in [0.25, 0.3) is 0 Å². The second-order valence-electron chi connectivity index (χ2n) is 4.62. The molecule has 0 saturated heterocycles. The van der Waals surface area contributed by atoms with Gasteiger partial charge >= 0.3 is 5.97 Å². The highest BCUT2D eigenvalue weighted by molar-refractivity contribution is 9.10. The molecular formula is C13H12BrNO3. The van der Waals surface area contributed by atoms with Gasteiger partial charge in [-0.15, -0.1) is 0 Å². The van der Waals surface area contributed by atoms with Crippen molar-refractivity contribution in [3.05, 3.63) is 28.2 Å². The van der Waals surface area contributed by atoms with Crippen molar-refractivity contribution < 1.29 is 14.3 Å². The first kappa shape index (κ1) is 11.7. The van der Waals surface area contributed by atoms with Gasteiger partial charge in [0.2, 0.25) is 5.91 Å². The summed E-state index contributed by atoms with van der Waals surface area (Å²) in [7, 11) is 0. The SMILES string of the molecule is CCOC(=O)C1CC12C(=O)Nc1ccc(Br)cc12. The number of ether oxygens (including phenoxy) is 1. The summed E-state index contributed by atoms with van der Waals surface area (Å²) in [5.41, 5.74) is 1.01. The van der Waals surface area contributed by atoms with Gasteiger partial charge in [-0.05, 0) is 37.1 Å². The zero-order valence-electron chi connectivity index (χ0n) is 9.83. The van der Waals surface area contributed by atoms with Crippen LogP contribution in [0.2, 0.25) is 0 Å². The van der Waals surface area contributed by atoms with E-state index in [4.69, 9.17) is 4.74 Å². The third kappa shape index (κ3) is 1.43. The van der Waals surface area contributed by atoms with E-state index in [0.29, 0.717) is 13.0 Å². The first-order chi connectivity index (χ1) is 8.59. The second kappa shape index (κ2) is 3.82. The molecule has 5 heteroatoms. The average Bonchev–Trinajstić information content (AvgIpc) is 3.02. The number of anilines is 1. The molecule has 4 nitrogen and oxygen atoms in total. The molecule has 18 heavy (non-hydrogen) atoms. The number of hydrogen-bond acceptors (Lipinski definition) is 3. The summed E-state index contributed by atoms with van der Waals surface area (Å²) < 4.78 is 5.92. The Balaban J connectivity index is 1.99. The lowest BCUT2D eigenvalue weighted by Crippen LogP contribution is -2.25. The van der Waals surface area contributed by atoms with Crippen LogP contribution >= 0.6 is 15.9 Å². The van der Waals surface area contributed by atoms with Crippen LogP contribution in [0.3, 0.4) is 0 Å². The van der Waals surface area contributed by atoms with Crippen molar-refractivity contribution in [1.82, 2.24) is 0 Å². The van der Waals surface area contributed by atoms with E-state index in [1.807, 2.05) is 18.2 Å². The van der Waals surface area contributed by atoms with Crippen molar-refractivity contribution in [2.45, 2.75) is 18.8 Å². The molecule has 1 amide bonds. The van der Waals surface area contributed by atoms with E-state index in [0.717, 1.165) is 15.7 Å². The fourth-order valence-electron chi connectivity index (χ4n) is 2.69. The number of fused-ring (bicyclic) bond motifs is 2. The van der Waals surface area contributed by atoms with Crippen LogP contribution in [0.15, 0.2) is 22.7 Å². The minimum absolute atomic E-state index is 0.0892. The first-order valence-electron chi connectivity index (χ1n) is 5.87. The van der Waals surface area contributed by atoms with Crippen LogP contribution in [-0.2, 0) is 19.7 Å². The largest absolute Gasteiger partial charge is 0.466 e. The molecule has 3 rings (SSSR count). The summed E-state index contributed by atoms with van der Waals surface area (Å²) in [4.78, 5) is 23.9. The lowest BCUT2D eigenvalue weighted by atomic mass is 9.95.